The zero-order chi connectivity index (χ0) is 8.15. The average molecular weight is 138 g/mol. The van der Waals surface area contributed by atoms with Crippen molar-refractivity contribution in [3.05, 3.63) is 23.8 Å². The van der Waals surface area contributed by atoms with Gasteiger partial charge in [0.25, 0.3) is 0 Å². The molecule has 10 heavy (non-hydrogen) atoms. The van der Waals surface area contributed by atoms with Gasteiger partial charge in [-0.3, -0.25) is 0 Å². The summed E-state index contributed by atoms with van der Waals surface area (Å²) in [5.74, 6) is 0.645. The lowest BCUT2D eigenvalue weighted by molar-refractivity contribution is 0.815. The van der Waals surface area contributed by atoms with Crippen molar-refractivity contribution in [1.82, 2.24) is 0 Å². The summed E-state index contributed by atoms with van der Waals surface area (Å²) in [6, 6.07) is 0. The third-order valence-corrected chi connectivity index (χ3v) is 1.46. The molecule has 0 amide bonds. The SMILES string of the molecule is C=C(C)C(=CC(C)C)CC. The van der Waals surface area contributed by atoms with Gasteiger partial charge in [0.15, 0.2) is 0 Å². The van der Waals surface area contributed by atoms with E-state index in [9.17, 15) is 0 Å². The largest absolute Gasteiger partial charge is 0.0958 e. The van der Waals surface area contributed by atoms with Crippen LogP contribution in [0.15, 0.2) is 23.8 Å². The maximum Gasteiger partial charge on any atom is -0.0285 e. The molecule has 0 saturated carbocycles. The van der Waals surface area contributed by atoms with E-state index in [1.54, 1.807) is 0 Å². The maximum atomic E-state index is 3.91. The van der Waals surface area contributed by atoms with E-state index in [2.05, 4.69) is 40.3 Å². The van der Waals surface area contributed by atoms with E-state index in [-0.39, 0.29) is 0 Å². The summed E-state index contributed by atoms with van der Waals surface area (Å²) in [7, 11) is 0. The maximum absolute atomic E-state index is 3.91. The predicted octanol–water partition coefficient (Wildman–Crippen LogP) is 3.55. The Balaban J connectivity index is 4.19. The van der Waals surface area contributed by atoms with Crippen LogP contribution in [0.2, 0.25) is 0 Å². The fraction of sp³-hybridized carbons (Fsp3) is 0.600. The van der Waals surface area contributed by atoms with Crippen LogP contribution in [0, 0.1) is 5.92 Å². The van der Waals surface area contributed by atoms with Crippen LogP contribution in [0.1, 0.15) is 34.1 Å². The minimum atomic E-state index is 0.645. The highest BCUT2D eigenvalue weighted by molar-refractivity contribution is 5.25. The average Bonchev–Trinajstić information content (AvgIpc) is 1.81. The molecule has 0 fully saturated rings. The van der Waals surface area contributed by atoms with Crippen molar-refractivity contribution in [1.29, 1.82) is 0 Å². The van der Waals surface area contributed by atoms with E-state index in [0.29, 0.717) is 5.92 Å². The molecule has 0 heterocycles. The minimum absolute atomic E-state index is 0.645. The summed E-state index contributed by atoms with van der Waals surface area (Å²) in [4.78, 5) is 0. The van der Waals surface area contributed by atoms with Gasteiger partial charge in [0.05, 0.1) is 0 Å². The highest BCUT2D eigenvalue weighted by atomic mass is 14.0. The zero-order valence-corrected chi connectivity index (χ0v) is 7.57. The number of allylic oxidation sites excluding steroid dienone is 3. The first-order valence-corrected chi connectivity index (χ1v) is 3.94. The molecule has 0 aliphatic rings. The summed E-state index contributed by atoms with van der Waals surface area (Å²) < 4.78 is 0. The van der Waals surface area contributed by atoms with Crippen molar-refractivity contribution >= 4 is 0 Å². The van der Waals surface area contributed by atoms with Crippen molar-refractivity contribution in [2.24, 2.45) is 5.92 Å². The molecule has 0 bridgehead atoms. The van der Waals surface area contributed by atoms with E-state index in [0.717, 1.165) is 6.42 Å². The van der Waals surface area contributed by atoms with Crippen LogP contribution in [0.4, 0.5) is 0 Å². The second-order valence-electron chi connectivity index (χ2n) is 3.07. The molecule has 0 aromatic heterocycles. The van der Waals surface area contributed by atoms with Crippen LogP contribution in [-0.4, -0.2) is 0 Å². The molecule has 58 valence electrons. The molecule has 0 rings (SSSR count). The summed E-state index contributed by atoms with van der Waals surface area (Å²) in [5.41, 5.74) is 2.60. The van der Waals surface area contributed by atoms with Gasteiger partial charge in [0.1, 0.15) is 0 Å². The van der Waals surface area contributed by atoms with Gasteiger partial charge in [-0.2, -0.15) is 0 Å². The van der Waals surface area contributed by atoms with E-state index in [1.165, 1.54) is 11.1 Å². The summed E-state index contributed by atoms with van der Waals surface area (Å²) in [6.45, 7) is 12.5. The first kappa shape index (κ1) is 9.48. The molecule has 0 atom stereocenters. The second-order valence-corrected chi connectivity index (χ2v) is 3.07. The minimum Gasteiger partial charge on any atom is -0.0958 e. The van der Waals surface area contributed by atoms with E-state index in [1.807, 2.05) is 0 Å². The second kappa shape index (κ2) is 4.32. The monoisotopic (exact) mass is 138 g/mol. The third-order valence-electron chi connectivity index (χ3n) is 1.46. The van der Waals surface area contributed by atoms with Crippen LogP contribution in [0.25, 0.3) is 0 Å². The lowest BCUT2D eigenvalue weighted by atomic mass is 10.0. The Bertz CT molecular complexity index is 138. The molecule has 0 aromatic carbocycles. The highest BCUT2D eigenvalue weighted by Gasteiger charge is 1.95. The van der Waals surface area contributed by atoms with Crippen LogP contribution >= 0.6 is 0 Å². The van der Waals surface area contributed by atoms with Gasteiger partial charge in [-0.05, 0) is 24.8 Å². The fourth-order valence-electron chi connectivity index (χ4n) is 0.964. The number of hydrogen-bond acceptors (Lipinski definition) is 0. The molecule has 0 aromatic rings. The van der Waals surface area contributed by atoms with Crippen molar-refractivity contribution in [3.63, 3.8) is 0 Å². The third kappa shape index (κ3) is 3.49. The number of hydrogen-bond donors (Lipinski definition) is 0. The van der Waals surface area contributed by atoms with Crippen molar-refractivity contribution < 1.29 is 0 Å². The summed E-state index contributed by atoms with van der Waals surface area (Å²) in [5, 5.41) is 0. The highest BCUT2D eigenvalue weighted by Crippen LogP contribution is 2.13. The molecular formula is C10H18. The quantitative estimate of drug-likeness (QED) is 0.523. The smallest absolute Gasteiger partial charge is 0.0285 e. The molecule has 0 unspecified atom stereocenters. The number of rotatable bonds is 3. The van der Waals surface area contributed by atoms with Gasteiger partial charge in [0, 0.05) is 0 Å². The van der Waals surface area contributed by atoms with E-state index < -0.39 is 0 Å². The molecule has 0 aliphatic carbocycles. The van der Waals surface area contributed by atoms with Gasteiger partial charge in [-0.15, -0.1) is 0 Å². The van der Waals surface area contributed by atoms with Gasteiger partial charge in [-0.25, -0.2) is 0 Å². The van der Waals surface area contributed by atoms with Gasteiger partial charge < -0.3 is 0 Å². The molecule has 0 N–H and O–H groups in total. The molecule has 0 saturated heterocycles. The Morgan fingerprint density at radius 1 is 1.50 bits per heavy atom. The molecule has 0 nitrogen and oxygen atoms in total. The van der Waals surface area contributed by atoms with Crippen molar-refractivity contribution in [3.8, 4) is 0 Å². The van der Waals surface area contributed by atoms with Crippen molar-refractivity contribution in [2.45, 2.75) is 34.1 Å². The summed E-state index contributed by atoms with van der Waals surface area (Å²) >= 11 is 0. The fourth-order valence-corrected chi connectivity index (χ4v) is 0.964. The van der Waals surface area contributed by atoms with Crippen molar-refractivity contribution in [2.75, 3.05) is 0 Å². The Hall–Kier alpha value is -0.520. The first-order valence-electron chi connectivity index (χ1n) is 3.94. The Morgan fingerprint density at radius 2 is 2.00 bits per heavy atom. The molecule has 0 heteroatoms. The van der Waals surface area contributed by atoms with Gasteiger partial charge >= 0.3 is 0 Å². The molecule has 0 spiro atoms. The van der Waals surface area contributed by atoms with Crippen LogP contribution < -0.4 is 0 Å². The normalized spacial score (nSPS) is 12.3. The van der Waals surface area contributed by atoms with Crippen LogP contribution in [-0.2, 0) is 0 Å². The predicted molar refractivity (Wildman–Crippen MR) is 48.0 cm³/mol. The van der Waals surface area contributed by atoms with E-state index in [4.69, 9.17) is 0 Å². The summed E-state index contributed by atoms with van der Waals surface area (Å²) in [6.07, 6.45) is 3.38. The standard InChI is InChI=1S/C10H18/c1-6-10(9(4)5)7-8(2)3/h7-8H,4,6H2,1-3,5H3. The molecular weight excluding hydrogens is 120 g/mol. The van der Waals surface area contributed by atoms with E-state index >= 15 is 0 Å². The van der Waals surface area contributed by atoms with Crippen LogP contribution in [0.5, 0.6) is 0 Å². The topological polar surface area (TPSA) is 0 Å². The first-order chi connectivity index (χ1) is 4.57. The zero-order valence-electron chi connectivity index (χ0n) is 7.57. The Morgan fingerprint density at radius 3 is 2.10 bits per heavy atom. The Kier molecular flexibility index (Phi) is 4.10. The lowest BCUT2D eigenvalue weighted by Gasteiger charge is -2.04. The lowest BCUT2D eigenvalue weighted by Crippen LogP contribution is -1.86. The van der Waals surface area contributed by atoms with Gasteiger partial charge in [0.2, 0.25) is 0 Å². The molecule has 0 aliphatic heterocycles. The Labute approximate surface area is 64.6 Å². The van der Waals surface area contributed by atoms with Gasteiger partial charge in [-0.1, -0.05) is 39.0 Å². The molecule has 0 radical (unpaired) electrons. The van der Waals surface area contributed by atoms with Crippen LogP contribution in [0.3, 0.4) is 0 Å².